The SMILES string of the molecule is CC1CCc2c(sc3ncn(CC(=O)N4CCN(C)CC4)c(=O)c23)C1. The predicted octanol–water partition coefficient (Wildman–Crippen LogP) is 1.36. The minimum Gasteiger partial charge on any atom is -0.339 e. The van der Waals surface area contributed by atoms with Crippen molar-refractivity contribution in [3.63, 3.8) is 0 Å². The molecule has 0 spiro atoms. The first-order chi connectivity index (χ1) is 12.0. The normalized spacial score (nSPS) is 21.5. The molecule has 7 heteroatoms. The van der Waals surface area contributed by atoms with Gasteiger partial charge in [0.05, 0.1) is 11.7 Å². The molecule has 2 aromatic rings. The van der Waals surface area contributed by atoms with Crippen LogP contribution >= 0.6 is 11.3 Å². The van der Waals surface area contributed by atoms with Crippen LogP contribution in [0.1, 0.15) is 23.8 Å². The third-order valence-electron chi connectivity index (χ3n) is 5.44. The smallest absolute Gasteiger partial charge is 0.262 e. The summed E-state index contributed by atoms with van der Waals surface area (Å²) in [5.74, 6) is 0.677. The average molecular weight is 360 g/mol. The fourth-order valence-electron chi connectivity index (χ4n) is 3.78. The van der Waals surface area contributed by atoms with Gasteiger partial charge in [-0.2, -0.15) is 0 Å². The first-order valence-electron chi connectivity index (χ1n) is 8.99. The summed E-state index contributed by atoms with van der Waals surface area (Å²) in [6.45, 7) is 5.57. The molecular formula is C18H24N4O2S. The zero-order valence-corrected chi connectivity index (χ0v) is 15.6. The molecule has 25 heavy (non-hydrogen) atoms. The molecule has 0 bridgehead atoms. The molecular weight excluding hydrogens is 336 g/mol. The van der Waals surface area contributed by atoms with Gasteiger partial charge in [-0.1, -0.05) is 6.92 Å². The average Bonchev–Trinajstić information content (AvgIpc) is 2.96. The number of amides is 1. The summed E-state index contributed by atoms with van der Waals surface area (Å²) in [5.41, 5.74) is 1.12. The van der Waals surface area contributed by atoms with Gasteiger partial charge < -0.3 is 9.80 Å². The van der Waals surface area contributed by atoms with Crippen LogP contribution in [0.15, 0.2) is 11.1 Å². The number of piperazine rings is 1. The molecule has 134 valence electrons. The number of rotatable bonds is 2. The number of carbonyl (C=O) groups excluding carboxylic acids is 1. The summed E-state index contributed by atoms with van der Waals surface area (Å²) in [5, 5.41) is 0.751. The Kier molecular flexibility index (Phi) is 4.37. The van der Waals surface area contributed by atoms with E-state index in [-0.39, 0.29) is 18.0 Å². The van der Waals surface area contributed by atoms with Crippen LogP contribution in [-0.2, 0) is 24.2 Å². The van der Waals surface area contributed by atoms with Crippen molar-refractivity contribution in [3.05, 3.63) is 27.1 Å². The molecule has 1 aliphatic heterocycles. The van der Waals surface area contributed by atoms with Crippen molar-refractivity contribution in [1.29, 1.82) is 0 Å². The lowest BCUT2D eigenvalue weighted by molar-refractivity contribution is -0.133. The van der Waals surface area contributed by atoms with Gasteiger partial charge in [-0.05, 0) is 37.8 Å². The summed E-state index contributed by atoms with van der Waals surface area (Å²) in [6, 6.07) is 0. The van der Waals surface area contributed by atoms with Gasteiger partial charge in [-0.15, -0.1) is 11.3 Å². The molecule has 4 rings (SSSR count). The van der Waals surface area contributed by atoms with E-state index in [0.29, 0.717) is 5.92 Å². The summed E-state index contributed by atoms with van der Waals surface area (Å²) in [4.78, 5) is 36.2. The van der Waals surface area contributed by atoms with Gasteiger partial charge in [0, 0.05) is 31.1 Å². The number of fused-ring (bicyclic) bond motifs is 3. The van der Waals surface area contributed by atoms with Crippen LogP contribution < -0.4 is 5.56 Å². The molecule has 0 saturated carbocycles. The van der Waals surface area contributed by atoms with Crippen molar-refractivity contribution in [2.75, 3.05) is 33.2 Å². The van der Waals surface area contributed by atoms with Crippen LogP contribution in [0.5, 0.6) is 0 Å². The lowest BCUT2D eigenvalue weighted by Gasteiger charge is -2.32. The second kappa shape index (κ2) is 6.53. The molecule has 0 radical (unpaired) electrons. The van der Waals surface area contributed by atoms with E-state index >= 15 is 0 Å². The van der Waals surface area contributed by atoms with E-state index in [1.165, 1.54) is 15.0 Å². The summed E-state index contributed by atoms with van der Waals surface area (Å²) >= 11 is 1.65. The lowest BCUT2D eigenvalue weighted by Crippen LogP contribution is -2.48. The summed E-state index contributed by atoms with van der Waals surface area (Å²) in [6.07, 6.45) is 4.65. The number of hydrogen-bond acceptors (Lipinski definition) is 5. The van der Waals surface area contributed by atoms with Crippen molar-refractivity contribution < 1.29 is 4.79 Å². The Bertz CT molecular complexity index is 864. The van der Waals surface area contributed by atoms with E-state index < -0.39 is 0 Å². The fraction of sp³-hybridized carbons (Fsp3) is 0.611. The zero-order chi connectivity index (χ0) is 17.6. The molecule has 1 saturated heterocycles. The van der Waals surface area contributed by atoms with Crippen LogP contribution in [0.25, 0.3) is 10.2 Å². The fourth-order valence-corrected chi connectivity index (χ4v) is 5.12. The number of likely N-dealkylation sites (N-methyl/N-ethyl adjacent to an activating group) is 1. The quantitative estimate of drug-likeness (QED) is 0.811. The number of carbonyl (C=O) groups is 1. The highest BCUT2D eigenvalue weighted by atomic mass is 32.1. The lowest BCUT2D eigenvalue weighted by atomic mass is 9.89. The second-order valence-corrected chi connectivity index (χ2v) is 8.48. The zero-order valence-electron chi connectivity index (χ0n) is 14.8. The Balaban J connectivity index is 1.61. The predicted molar refractivity (Wildman–Crippen MR) is 99.1 cm³/mol. The monoisotopic (exact) mass is 360 g/mol. The topological polar surface area (TPSA) is 58.4 Å². The second-order valence-electron chi connectivity index (χ2n) is 7.39. The highest BCUT2D eigenvalue weighted by Crippen LogP contribution is 2.35. The van der Waals surface area contributed by atoms with Crippen molar-refractivity contribution in [2.24, 2.45) is 5.92 Å². The van der Waals surface area contributed by atoms with E-state index in [2.05, 4.69) is 23.9 Å². The van der Waals surface area contributed by atoms with Crippen LogP contribution in [0.3, 0.4) is 0 Å². The van der Waals surface area contributed by atoms with Crippen LogP contribution in [-0.4, -0.2) is 58.5 Å². The van der Waals surface area contributed by atoms with E-state index in [4.69, 9.17) is 0 Å². The maximum atomic E-state index is 13.0. The molecule has 1 fully saturated rings. The Morgan fingerprint density at radius 1 is 1.32 bits per heavy atom. The molecule has 1 atom stereocenters. The minimum atomic E-state index is -0.0560. The Morgan fingerprint density at radius 2 is 2.08 bits per heavy atom. The molecule has 0 N–H and O–H groups in total. The van der Waals surface area contributed by atoms with E-state index in [1.807, 2.05) is 4.90 Å². The molecule has 2 aromatic heterocycles. The molecule has 1 amide bonds. The maximum absolute atomic E-state index is 13.0. The first kappa shape index (κ1) is 16.7. The molecule has 6 nitrogen and oxygen atoms in total. The van der Waals surface area contributed by atoms with E-state index in [1.54, 1.807) is 17.7 Å². The Hall–Kier alpha value is -1.73. The summed E-state index contributed by atoms with van der Waals surface area (Å²) < 4.78 is 1.49. The van der Waals surface area contributed by atoms with E-state index in [0.717, 1.165) is 55.7 Å². The largest absolute Gasteiger partial charge is 0.339 e. The maximum Gasteiger partial charge on any atom is 0.262 e. The highest BCUT2D eigenvalue weighted by Gasteiger charge is 2.24. The van der Waals surface area contributed by atoms with Gasteiger partial charge in [0.1, 0.15) is 11.4 Å². The first-order valence-corrected chi connectivity index (χ1v) is 9.80. The van der Waals surface area contributed by atoms with Crippen LogP contribution in [0, 0.1) is 5.92 Å². The molecule has 1 unspecified atom stereocenters. The van der Waals surface area contributed by atoms with Crippen molar-refractivity contribution in [2.45, 2.75) is 32.7 Å². The molecule has 3 heterocycles. The van der Waals surface area contributed by atoms with Gasteiger partial charge in [0.15, 0.2) is 0 Å². The Morgan fingerprint density at radius 3 is 2.84 bits per heavy atom. The van der Waals surface area contributed by atoms with Gasteiger partial charge in [0.2, 0.25) is 5.91 Å². The number of thiophene rings is 1. The Labute approximate surface area is 151 Å². The van der Waals surface area contributed by atoms with Gasteiger partial charge in [-0.25, -0.2) is 4.98 Å². The van der Waals surface area contributed by atoms with E-state index in [9.17, 15) is 9.59 Å². The highest BCUT2D eigenvalue weighted by molar-refractivity contribution is 7.18. The standard InChI is InChI=1S/C18H24N4O2S/c1-12-3-4-13-14(9-12)25-17-16(13)18(24)22(11-19-17)10-15(23)21-7-5-20(2)6-8-21/h11-12H,3-10H2,1-2H3. The van der Waals surface area contributed by atoms with Crippen LogP contribution in [0.2, 0.25) is 0 Å². The van der Waals surface area contributed by atoms with Crippen molar-refractivity contribution >= 4 is 27.5 Å². The molecule has 1 aliphatic carbocycles. The third kappa shape index (κ3) is 3.11. The minimum absolute atomic E-state index is 0.00840. The number of aromatic nitrogens is 2. The van der Waals surface area contributed by atoms with Crippen molar-refractivity contribution in [3.8, 4) is 0 Å². The molecule has 2 aliphatic rings. The number of aryl methyl sites for hydroxylation is 1. The van der Waals surface area contributed by atoms with Crippen molar-refractivity contribution in [1.82, 2.24) is 19.4 Å². The van der Waals surface area contributed by atoms with Crippen LogP contribution in [0.4, 0.5) is 0 Å². The van der Waals surface area contributed by atoms with Gasteiger partial charge in [0.25, 0.3) is 5.56 Å². The number of nitrogens with zero attached hydrogens (tertiary/aromatic N) is 4. The third-order valence-corrected chi connectivity index (χ3v) is 6.61. The van der Waals surface area contributed by atoms with Gasteiger partial charge in [-0.3, -0.25) is 14.2 Å². The molecule has 0 aromatic carbocycles. The number of hydrogen-bond donors (Lipinski definition) is 0. The summed E-state index contributed by atoms with van der Waals surface area (Å²) in [7, 11) is 2.06. The van der Waals surface area contributed by atoms with Gasteiger partial charge >= 0.3 is 0 Å².